The summed E-state index contributed by atoms with van der Waals surface area (Å²) in [4.78, 5) is 12.8. The number of aromatic nitrogens is 2. The Bertz CT molecular complexity index is 908. The van der Waals surface area contributed by atoms with E-state index in [1.807, 2.05) is 32.0 Å². The number of hydrogen-bond acceptors (Lipinski definition) is 4. The van der Waals surface area contributed by atoms with Crippen molar-refractivity contribution in [2.75, 3.05) is 18.4 Å². The molecule has 8 heteroatoms. The Morgan fingerprint density at radius 1 is 1.08 bits per heavy atom. The number of piperidine rings is 1. The number of sulfonamides is 1. The van der Waals surface area contributed by atoms with E-state index in [-0.39, 0.29) is 10.6 Å². The molecule has 1 N–H and O–H groups in total. The molecule has 0 atom stereocenters. The zero-order chi connectivity index (χ0) is 18.9. The summed E-state index contributed by atoms with van der Waals surface area (Å²) in [6.45, 7) is 4.83. The van der Waals surface area contributed by atoms with Gasteiger partial charge in [0.15, 0.2) is 0 Å². The summed E-state index contributed by atoms with van der Waals surface area (Å²) in [7, 11) is -2.17. The summed E-state index contributed by atoms with van der Waals surface area (Å²) in [5, 5.41) is 6.70. The fourth-order valence-electron chi connectivity index (χ4n) is 3.29. The average molecular weight is 376 g/mol. The molecule has 0 bridgehead atoms. The molecule has 0 saturated carbocycles. The highest BCUT2D eigenvalue weighted by Gasteiger charge is 2.33. The predicted octanol–water partition coefficient (Wildman–Crippen LogP) is 2.46. The number of nitrogens with one attached hydrogen (secondary N) is 1. The van der Waals surface area contributed by atoms with Crippen LogP contribution in [0.15, 0.2) is 29.4 Å². The summed E-state index contributed by atoms with van der Waals surface area (Å²) < 4.78 is 28.7. The number of rotatable bonds is 4. The molecule has 1 aromatic carbocycles. The van der Waals surface area contributed by atoms with E-state index in [2.05, 4.69) is 10.4 Å². The minimum absolute atomic E-state index is 0.0669. The Labute approximate surface area is 154 Å². The fraction of sp³-hybridized carbons (Fsp3) is 0.444. The third-order valence-electron chi connectivity index (χ3n) is 4.42. The fourth-order valence-corrected chi connectivity index (χ4v) is 4.93. The smallest absolute Gasteiger partial charge is 0.263 e. The number of amides is 1. The van der Waals surface area contributed by atoms with Crippen LogP contribution in [-0.2, 0) is 17.1 Å². The molecule has 0 spiro atoms. The molecule has 140 valence electrons. The van der Waals surface area contributed by atoms with Gasteiger partial charge in [-0.2, -0.15) is 9.40 Å². The predicted molar refractivity (Wildman–Crippen MR) is 99.7 cm³/mol. The average Bonchev–Trinajstić information content (AvgIpc) is 2.97. The molecule has 26 heavy (non-hydrogen) atoms. The first-order valence-electron chi connectivity index (χ1n) is 8.71. The van der Waals surface area contributed by atoms with Crippen LogP contribution in [0.1, 0.15) is 40.7 Å². The van der Waals surface area contributed by atoms with Gasteiger partial charge in [-0.25, -0.2) is 8.42 Å². The Morgan fingerprint density at radius 3 is 2.31 bits per heavy atom. The van der Waals surface area contributed by atoms with E-state index in [0.29, 0.717) is 18.8 Å². The molecule has 0 aliphatic carbocycles. The number of aryl methyl sites for hydroxylation is 3. The highest BCUT2D eigenvalue weighted by molar-refractivity contribution is 7.89. The van der Waals surface area contributed by atoms with E-state index < -0.39 is 15.9 Å². The van der Waals surface area contributed by atoms with Gasteiger partial charge in [0.2, 0.25) is 5.03 Å². The first-order chi connectivity index (χ1) is 12.3. The van der Waals surface area contributed by atoms with E-state index in [4.69, 9.17) is 0 Å². The largest absolute Gasteiger partial charge is 0.322 e. The van der Waals surface area contributed by atoms with Crippen molar-refractivity contribution in [2.24, 2.45) is 7.05 Å². The van der Waals surface area contributed by atoms with Crippen LogP contribution in [0.2, 0.25) is 0 Å². The van der Waals surface area contributed by atoms with Crippen LogP contribution in [-0.4, -0.2) is 41.5 Å². The van der Waals surface area contributed by atoms with Gasteiger partial charge in [0.1, 0.15) is 0 Å². The highest BCUT2D eigenvalue weighted by Crippen LogP contribution is 2.23. The molecule has 1 amide bonds. The van der Waals surface area contributed by atoms with E-state index >= 15 is 0 Å². The van der Waals surface area contributed by atoms with Crippen LogP contribution >= 0.6 is 0 Å². The molecule has 2 aromatic rings. The molecule has 1 aliphatic heterocycles. The molecule has 3 rings (SSSR count). The molecule has 0 unspecified atom stereocenters. The maximum absolute atomic E-state index is 13.0. The lowest BCUT2D eigenvalue weighted by Gasteiger charge is -2.25. The Morgan fingerprint density at radius 2 is 1.69 bits per heavy atom. The third kappa shape index (κ3) is 3.81. The van der Waals surface area contributed by atoms with Crippen LogP contribution in [0.3, 0.4) is 0 Å². The van der Waals surface area contributed by atoms with Gasteiger partial charge >= 0.3 is 0 Å². The van der Waals surface area contributed by atoms with Gasteiger partial charge in [0.05, 0.1) is 5.56 Å². The second-order valence-corrected chi connectivity index (χ2v) is 8.67. The summed E-state index contributed by atoms with van der Waals surface area (Å²) in [6.07, 6.45) is 4.13. The van der Waals surface area contributed by atoms with Gasteiger partial charge in [0.25, 0.3) is 15.9 Å². The molecule has 1 aliphatic rings. The lowest BCUT2D eigenvalue weighted by molar-refractivity contribution is 0.102. The second kappa shape index (κ2) is 7.20. The molecule has 1 fully saturated rings. The Kier molecular flexibility index (Phi) is 5.15. The maximum Gasteiger partial charge on any atom is 0.263 e. The van der Waals surface area contributed by atoms with Crippen LogP contribution in [0.25, 0.3) is 0 Å². The molecule has 1 aromatic heterocycles. The van der Waals surface area contributed by atoms with Crippen molar-refractivity contribution in [3.05, 3.63) is 41.1 Å². The molecule has 0 radical (unpaired) electrons. The van der Waals surface area contributed by atoms with Crippen LogP contribution < -0.4 is 5.32 Å². The summed E-state index contributed by atoms with van der Waals surface area (Å²) in [6, 6.07) is 5.70. The first kappa shape index (κ1) is 18.6. The number of anilines is 1. The summed E-state index contributed by atoms with van der Waals surface area (Å²) in [5.41, 5.74) is 2.75. The van der Waals surface area contributed by atoms with Crippen molar-refractivity contribution in [1.29, 1.82) is 0 Å². The van der Waals surface area contributed by atoms with Gasteiger partial charge in [-0.3, -0.25) is 9.48 Å². The van der Waals surface area contributed by atoms with Gasteiger partial charge in [-0.15, -0.1) is 0 Å². The zero-order valence-electron chi connectivity index (χ0n) is 15.3. The lowest BCUT2D eigenvalue weighted by Crippen LogP contribution is -2.36. The SMILES string of the molecule is Cc1cc(C)cc(NC(=O)c2cn(C)nc2S(=O)(=O)N2CCCCC2)c1. The van der Waals surface area contributed by atoms with Gasteiger partial charge < -0.3 is 5.32 Å². The van der Waals surface area contributed by atoms with E-state index in [1.54, 1.807) is 7.05 Å². The first-order valence-corrected chi connectivity index (χ1v) is 10.1. The molecular formula is C18H24N4O3S. The third-order valence-corrected chi connectivity index (χ3v) is 6.25. The monoisotopic (exact) mass is 376 g/mol. The maximum atomic E-state index is 13.0. The molecule has 2 heterocycles. The number of carbonyl (C=O) groups excluding carboxylic acids is 1. The number of benzene rings is 1. The van der Waals surface area contributed by atoms with E-state index in [1.165, 1.54) is 15.2 Å². The number of hydrogen-bond donors (Lipinski definition) is 1. The van der Waals surface area contributed by atoms with Crippen molar-refractivity contribution in [3.8, 4) is 0 Å². The topological polar surface area (TPSA) is 84.3 Å². The van der Waals surface area contributed by atoms with Gasteiger partial charge in [-0.05, 0) is 49.9 Å². The summed E-state index contributed by atoms with van der Waals surface area (Å²) in [5.74, 6) is -0.473. The van der Waals surface area contributed by atoms with E-state index in [0.717, 1.165) is 30.4 Å². The van der Waals surface area contributed by atoms with Crippen molar-refractivity contribution < 1.29 is 13.2 Å². The molecule has 7 nitrogen and oxygen atoms in total. The Hall–Kier alpha value is -2.19. The van der Waals surface area contributed by atoms with Crippen molar-refractivity contribution in [2.45, 2.75) is 38.1 Å². The summed E-state index contributed by atoms with van der Waals surface area (Å²) >= 11 is 0. The molecular weight excluding hydrogens is 352 g/mol. The standard InChI is InChI=1S/C18H24N4O3S/c1-13-9-14(2)11-15(10-13)19-17(23)16-12-21(3)20-18(16)26(24,25)22-7-5-4-6-8-22/h9-12H,4-8H2,1-3H3,(H,19,23). The van der Waals surface area contributed by atoms with Crippen molar-refractivity contribution >= 4 is 21.6 Å². The van der Waals surface area contributed by atoms with Gasteiger partial charge in [-0.1, -0.05) is 12.5 Å². The normalized spacial score (nSPS) is 15.8. The highest BCUT2D eigenvalue weighted by atomic mass is 32.2. The quantitative estimate of drug-likeness (QED) is 0.888. The van der Waals surface area contributed by atoms with Crippen LogP contribution in [0.5, 0.6) is 0 Å². The number of nitrogens with zero attached hydrogens (tertiary/aromatic N) is 3. The number of carbonyl (C=O) groups is 1. The van der Waals surface area contributed by atoms with Crippen molar-refractivity contribution in [3.63, 3.8) is 0 Å². The minimum Gasteiger partial charge on any atom is -0.322 e. The van der Waals surface area contributed by atoms with Crippen molar-refractivity contribution in [1.82, 2.24) is 14.1 Å². The lowest BCUT2D eigenvalue weighted by atomic mass is 10.1. The minimum atomic E-state index is -3.78. The zero-order valence-corrected chi connectivity index (χ0v) is 16.1. The Balaban J connectivity index is 1.92. The second-order valence-electron chi connectivity index (χ2n) is 6.82. The van der Waals surface area contributed by atoms with Crippen LogP contribution in [0, 0.1) is 13.8 Å². The van der Waals surface area contributed by atoms with Gasteiger partial charge in [0, 0.05) is 32.0 Å². The molecule has 1 saturated heterocycles. The van der Waals surface area contributed by atoms with Crippen LogP contribution in [0.4, 0.5) is 5.69 Å². The van der Waals surface area contributed by atoms with E-state index in [9.17, 15) is 13.2 Å².